The molecule has 28 heavy (non-hydrogen) atoms. The van der Waals surface area contributed by atoms with Gasteiger partial charge in [0.15, 0.2) is 5.65 Å². The fraction of sp³-hybridized carbons (Fsp3) is 0.130. The summed E-state index contributed by atoms with van der Waals surface area (Å²) in [5, 5.41) is 1.18. The molecular formula is C23H21N5. The monoisotopic (exact) mass is 367 g/mol. The van der Waals surface area contributed by atoms with Crippen LogP contribution in [0.4, 0.5) is 5.82 Å². The van der Waals surface area contributed by atoms with Gasteiger partial charge >= 0.3 is 0 Å². The summed E-state index contributed by atoms with van der Waals surface area (Å²) in [5.41, 5.74) is 14.5. The Hall–Kier alpha value is -3.60. The van der Waals surface area contributed by atoms with Crippen LogP contribution in [0.25, 0.3) is 33.3 Å². The van der Waals surface area contributed by atoms with E-state index in [1.807, 2.05) is 13.0 Å². The smallest absolute Gasteiger partial charge is 0.160 e. The van der Waals surface area contributed by atoms with Gasteiger partial charge < -0.3 is 15.7 Å². The fourth-order valence-corrected chi connectivity index (χ4v) is 3.77. The molecule has 5 aromatic rings. The normalized spacial score (nSPS) is 11.5. The molecule has 5 heteroatoms. The number of anilines is 1. The van der Waals surface area contributed by atoms with Crippen LogP contribution >= 0.6 is 0 Å². The van der Waals surface area contributed by atoms with E-state index in [1.54, 1.807) is 0 Å². The number of benzene rings is 2. The van der Waals surface area contributed by atoms with Crippen LogP contribution in [0, 0.1) is 13.8 Å². The first kappa shape index (κ1) is 16.6. The Kier molecular flexibility index (Phi) is 3.69. The number of fused-ring (bicyclic) bond motifs is 2. The standard InChI is InChI=1S/C23H21N5/c1-13-6-8-15(9-7-13)10-16-4-3-5-17-11-19(27-21(16)17)18-12-20(24)28-23-22(18)25-14(2)26-23/h3-9,11-12,27H,10H2,1-2H3,(H3,24,25,26,28). The first-order valence-electron chi connectivity index (χ1n) is 9.36. The minimum Gasteiger partial charge on any atom is -0.384 e. The molecule has 3 heterocycles. The zero-order chi connectivity index (χ0) is 19.3. The number of hydrogen-bond donors (Lipinski definition) is 3. The van der Waals surface area contributed by atoms with E-state index in [4.69, 9.17) is 5.73 Å². The van der Waals surface area contributed by atoms with Crippen LogP contribution in [0.2, 0.25) is 0 Å². The van der Waals surface area contributed by atoms with Crippen molar-refractivity contribution in [3.8, 4) is 11.3 Å². The van der Waals surface area contributed by atoms with E-state index >= 15 is 0 Å². The van der Waals surface area contributed by atoms with Crippen LogP contribution < -0.4 is 5.73 Å². The van der Waals surface area contributed by atoms with Gasteiger partial charge in [0.2, 0.25) is 0 Å². The topological polar surface area (TPSA) is 83.4 Å². The number of nitrogen functional groups attached to an aromatic ring is 1. The van der Waals surface area contributed by atoms with E-state index in [0.29, 0.717) is 11.5 Å². The van der Waals surface area contributed by atoms with Crippen LogP contribution in [0.1, 0.15) is 22.5 Å². The first-order valence-corrected chi connectivity index (χ1v) is 9.36. The summed E-state index contributed by atoms with van der Waals surface area (Å²) in [6.07, 6.45) is 0.882. The summed E-state index contributed by atoms with van der Waals surface area (Å²) >= 11 is 0. The summed E-state index contributed by atoms with van der Waals surface area (Å²) in [5.74, 6) is 1.30. The zero-order valence-electron chi connectivity index (χ0n) is 15.9. The number of nitrogens with zero attached hydrogens (tertiary/aromatic N) is 2. The third-order valence-corrected chi connectivity index (χ3v) is 5.14. The second-order valence-electron chi connectivity index (χ2n) is 7.34. The highest BCUT2D eigenvalue weighted by Crippen LogP contribution is 2.32. The molecule has 0 saturated heterocycles. The molecule has 138 valence electrons. The molecule has 0 aliphatic heterocycles. The molecule has 0 spiro atoms. The number of rotatable bonds is 3. The summed E-state index contributed by atoms with van der Waals surface area (Å²) < 4.78 is 0. The molecular weight excluding hydrogens is 346 g/mol. The maximum atomic E-state index is 6.04. The molecule has 0 saturated carbocycles. The second kappa shape index (κ2) is 6.23. The highest BCUT2D eigenvalue weighted by atomic mass is 15.0. The minimum absolute atomic E-state index is 0.477. The van der Waals surface area contributed by atoms with Crippen molar-refractivity contribution in [2.75, 3.05) is 5.73 Å². The van der Waals surface area contributed by atoms with Gasteiger partial charge in [-0.1, -0.05) is 48.0 Å². The number of aromatic nitrogens is 4. The van der Waals surface area contributed by atoms with Gasteiger partial charge in [-0.05, 0) is 43.5 Å². The number of aromatic amines is 2. The highest BCUT2D eigenvalue weighted by molar-refractivity contribution is 5.96. The Labute approximate surface area is 162 Å². The van der Waals surface area contributed by atoms with E-state index in [0.717, 1.165) is 34.5 Å². The predicted octanol–water partition coefficient (Wildman–Crippen LogP) is 4.90. The molecule has 4 N–H and O–H groups in total. The fourth-order valence-electron chi connectivity index (χ4n) is 3.77. The van der Waals surface area contributed by atoms with E-state index in [-0.39, 0.29) is 0 Å². The summed E-state index contributed by atoms with van der Waals surface area (Å²) in [4.78, 5) is 15.7. The summed E-state index contributed by atoms with van der Waals surface area (Å²) in [7, 11) is 0. The lowest BCUT2D eigenvalue weighted by molar-refractivity contribution is 1.16. The molecule has 0 fully saturated rings. The van der Waals surface area contributed by atoms with E-state index in [1.165, 1.54) is 22.1 Å². The lowest BCUT2D eigenvalue weighted by atomic mass is 10.0. The van der Waals surface area contributed by atoms with Gasteiger partial charge in [0, 0.05) is 22.2 Å². The molecule has 0 aliphatic carbocycles. The van der Waals surface area contributed by atoms with Crippen molar-refractivity contribution in [3.05, 3.63) is 77.1 Å². The van der Waals surface area contributed by atoms with Crippen molar-refractivity contribution >= 4 is 27.9 Å². The zero-order valence-corrected chi connectivity index (χ0v) is 15.9. The molecule has 3 aromatic heterocycles. The van der Waals surface area contributed by atoms with Crippen LogP contribution in [-0.4, -0.2) is 19.9 Å². The Morgan fingerprint density at radius 1 is 0.929 bits per heavy atom. The Balaban J connectivity index is 1.64. The largest absolute Gasteiger partial charge is 0.384 e. The van der Waals surface area contributed by atoms with Gasteiger partial charge in [-0.15, -0.1) is 0 Å². The van der Waals surface area contributed by atoms with Crippen molar-refractivity contribution in [2.24, 2.45) is 0 Å². The van der Waals surface area contributed by atoms with Gasteiger partial charge in [-0.2, -0.15) is 0 Å². The summed E-state index contributed by atoms with van der Waals surface area (Å²) in [6.45, 7) is 4.03. The molecule has 0 radical (unpaired) electrons. The maximum absolute atomic E-state index is 6.04. The molecule has 0 atom stereocenters. The van der Waals surface area contributed by atoms with Crippen molar-refractivity contribution in [1.82, 2.24) is 19.9 Å². The minimum atomic E-state index is 0.477. The second-order valence-corrected chi connectivity index (χ2v) is 7.34. The van der Waals surface area contributed by atoms with E-state index in [2.05, 4.69) is 75.4 Å². The average Bonchev–Trinajstić information content (AvgIpc) is 3.26. The van der Waals surface area contributed by atoms with E-state index < -0.39 is 0 Å². The number of nitrogens with two attached hydrogens (primary N) is 1. The van der Waals surface area contributed by atoms with Crippen molar-refractivity contribution in [3.63, 3.8) is 0 Å². The van der Waals surface area contributed by atoms with Gasteiger partial charge in [0.25, 0.3) is 0 Å². The lowest BCUT2D eigenvalue weighted by Crippen LogP contribution is -1.93. The van der Waals surface area contributed by atoms with Gasteiger partial charge in [0.1, 0.15) is 17.2 Å². The number of para-hydroxylation sites is 1. The van der Waals surface area contributed by atoms with Gasteiger partial charge in [0.05, 0.1) is 0 Å². The number of hydrogen-bond acceptors (Lipinski definition) is 3. The number of H-pyrrole nitrogens is 2. The third kappa shape index (κ3) is 2.81. The first-order chi connectivity index (χ1) is 13.6. The highest BCUT2D eigenvalue weighted by Gasteiger charge is 2.14. The quantitative estimate of drug-likeness (QED) is 0.424. The third-order valence-electron chi connectivity index (χ3n) is 5.14. The average molecular weight is 367 g/mol. The number of pyridine rings is 1. The van der Waals surface area contributed by atoms with Gasteiger partial charge in [-0.3, -0.25) is 0 Å². The Morgan fingerprint density at radius 3 is 2.57 bits per heavy atom. The number of aryl methyl sites for hydroxylation is 2. The van der Waals surface area contributed by atoms with Crippen molar-refractivity contribution in [1.29, 1.82) is 0 Å². The predicted molar refractivity (Wildman–Crippen MR) is 114 cm³/mol. The molecule has 0 unspecified atom stereocenters. The lowest BCUT2D eigenvalue weighted by Gasteiger charge is -2.05. The molecule has 0 bridgehead atoms. The molecule has 2 aromatic carbocycles. The molecule has 0 aliphatic rings. The number of imidazole rings is 1. The van der Waals surface area contributed by atoms with Crippen LogP contribution in [-0.2, 0) is 6.42 Å². The number of nitrogens with one attached hydrogen (secondary N) is 2. The van der Waals surface area contributed by atoms with Crippen LogP contribution in [0.3, 0.4) is 0 Å². The van der Waals surface area contributed by atoms with Crippen molar-refractivity contribution < 1.29 is 0 Å². The summed E-state index contributed by atoms with van der Waals surface area (Å²) in [6, 6.07) is 19.2. The van der Waals surface area contributed by atoms with Crippen molar-refractivity contribution in [2.45, 2.75) is 20.3 Å². The van der Waals surface area contributed by atoms with Crippen LogP contribution in [0.5, 0.6) is 0 Å². The Morgan fingerprint density at radius 2 is 1.75 bits per heavy atom. The van der Waals surface area contributed by atoms with Gasteiger partial charge in [-0.25, -0.2) is 9.97 Å². The molecule has 0 amide bonds. The Bertz CT molecular complexity index is 1310. The molecule has 5 rings (SSSR count). The SMILES string of the molecule is Cc1ccc(Cc2cccc3cc(-c4cc(N)nc5[nH]c(C)nc45)[nH]c23)cc1. The van der Waals surface area contributed by atoms with Crippen LogP contribution in [0.15, 0.2) is 54.6 Å². The van der Waals surface area contributed by atoms with E-state index in [9.17, 15) is 0 Å². The molecule has 5 nitrogen and oxygen atoms in total. The maximum Gasteiger partial charge on any atom is 0.160 e.